The number of carboxylic acids is 1. The number of thioether (sulfide) groups is 1. The first kappa shape index (κ1) is 20.1. The van der Waals surface area contributed by atoms with Crippen LogP contribution in [0.15, 0.2) is 36.0 Å². The van der Waals surface area contributed by atoms with E-state index in [1.807, 2.05) is 6.26 Å². The van der Waals surface area contributed by atoms with Crippen molar-refractivity contribution in [2.24, 2.45) is 5.73 Å². The maximum Gasteiger partial charge on any atom is 0.326 e. The van der Waals surface area contributed by atoms with Gasteiger partial charge >= 0.3 is 5.97 Å². The number of rotatable bonds is 9. The number of amides is 2. The molecule has 0 aliphatic carbocycles. The van der Waals surface area contributed by atoms with Crippen LogP contribution in [0.3, 0.4) is 0 Å². The third-order valence-electron chi connectivity index (χ3n) is 3.14. The predicted molar refractivity (Wildman–Crippen MR) is 94.8 cm³/mol. The summed E-state index contributed by atoms with van der Waals surface area (Å²) in [7, 11) is 0. The van der Waals surface area contributed by atoms with Crippen LogP contribution in [0.5, 0.6) is 0 Å². The zero-order chi connectivity index (χ0) is 18.8. The van der Waals surface area contributed by atoms with Gasteiger partial charge in [0.15, 0.2) is 0 Å². The summed E-state index contributed by atoms with van der Waals surface area (Å²) < 4.78 is 0. The number of nitrogens with zero attached hydrogens (tertiary/aromatic N) is 1. The average Bonchev–Trinajstić information content (AvgIpc) is 2.59. The van der Waals surface area contributed by atoms with E-state index in [2.05, 4.69) is 10.6 Å². The number of primary amides is 1. The monoisotopic (exact) mass is 362 g/mol. The minimum absolute atomic E-state index is 0.194. The number of carbonyl (C=O) groups is 3. The SMILES string of the molecule is CSCCC(NC(=O)/C(C#N)=C\Nc1ccccc1C(N)=O)C(=O)O. The summed E-state index contributed by atoms with van der Waals surface area (Å²) in [5, 5.41) is 23.2. The number of para-hydroxylation sites is 1. The van der Waals surface area contributed by atoms with Crippen molar-refractivity contribution in [3.05, 3.63) is 41.6 Å². The number of hydrogen-bond acceptors (Lipinski definition) is 6. The van der Waals surface area contributed by atoms with E-state index in [1.54, 1.807) is 24.3 Å². The Morgan fingerprint density at radius 2 is 2.08 bits per heavy atom. The standard InChI is InChI=1S/C16H18N4O4S/c1-25-7-6-13(16(23)24)20-15(22)10(8-17)9-19-12-5-3-2-4-11(12)14(18)21/h2-5,9,13,19H,6-7H2,1H3,(H2,18,21)(H,20,22)(H,23,24)/b10-9-. The lowest BCUT2D eigenvalue weighted by Crippen LogP contribution is -2.41. The average molecular weight is 362 g/mol. The van der Waals surface area contributed by atoms with Crippen molar-refractivity contribution in [2.75, 3.05) is 17.3 Å². The Morgan fingerprint density at radius 3 is 2.64 bits per heavy atom. The highest BCUT2D eigenvalue weighted by Crippen LogP contribution is 2.14. The van der Waals surface area contributed by atoms with Gasteiger partial charge in [-0.05, 0) is 30.6 Å². The highest BCUT2D eigenvalue weighted by Gasteiger charge is 2.21. The van der Waals surface area contributed by atoms with E-state index < -0.39 is 23.8 Å². The first-order valence-corrected chi connectivity index (χ1v) is 8.58. The first-order valence-electron chi connectivity index (χ1n) is 7.19. The van der Waals surface area contributed by atoms with Crippen LogP contribution in [0.2, 0.25) is 0 Å². The molecule has 1 unspecified atom stereocenters. The molecule has 1 rings (SSSR count). The number of nitrogens with one attached hydrogen (secondary N) is 2. The molecule has 0 aliphatic heterocycles. The van der Waals surface area contributed by atoms with Crippen molar-refractivity contribution in [3.63, 3.8) is 0 Å². The second-order valence-electron chi connectivity index (χ2n) is 4.87. The number of carboxylic acid groups (broad SMARTS) is 1. The highest BCUT2D eigenvalue weighted by molar-refractivity contribution is 7.98. The first-order chi connectivity index (χ1) is 11.9. The Kier molecular flexibility index (Phi) is 8.02. The quantitative estimate of drug-likeness (QED) is 0.377. The maximum absolute atomic E-state index is 12.1. The fraction of sp³-hybridized carbons (Fsp3) is 0.250. The molecule has 0 spiro atoms. The number of benzene rings is 1. The van der Waals surface area contributed by atoms with Gasteiger partial charge < -0.3 is 21.5 Å². The molecular weight excluding hydrogens is 344 g/mol. The summed E-state index contributed by atoms with van der Waals surface area (Å²) in [4.78, 5) is 34.6. The molecule has 0 saturated heterocycles. The molecule has 0 fully saturated rings. The van der Waals surface area contributed by atoms with Crippen LogP contribution >= 0.6 is 11.8 Å². The molecule has 1 aromatic rings. The Bertz CT molecular complexity index is 727. The normalized spacial score (nSPS) is 11.9. The number of aliphatic carboxylic acids is 1. The van der Waals surface area contributed by atoms with Gasteiger partial charge in [0.2, 0.25) is 0 Å². The molecule has 132 valence electrons. The van der Waals surface area contributed by atoms with E-state index in [0.29, 0.717) is 11.4 Å². The Morgan fingerprint density at radius 1 is 1.40 bits per heavy atom. The van der Waals surface area contributed by atoms with Crippen LogP contribution in [0, 0.1) is 11.3 Å². The zero-order valence-corrected chi connectivity index (χ0v) is 14.3. The largest absolute Gasteiger partial charge is 0.480 e. The second kappa shape index (κ2) is 10.00. The topological polar surface area (TPSA) is 145 Å². The lowest BCUT2D eigenvalue weighted by atomic mass is 10.1. The van der Waals surface area contributed by atoms with E-state index in [1.165, 1.54) is 17.8 Å². The number of carbonyl (C=O) groups excluding carboxylic acids is 2. The molecule has 0 heterocycles. The van der Waals surface area contributed by atoms with Gasteiger partial charge in [0.1, 0.15) is 17.7 Å². The van der Waals surface area contributed by atoms with E-state index in [-0.39, 0.29) is 17.6 Å². The smallest absolute Gasteiger partial charge is 0.326 e. The predicted octanol–water partition coefficient (Wildman–Crippen LogP) is 0.927. The molecule has 0 aliphatic rings. The van der Waals surface area contributed by atoms with Gasteiger partial charge in [0, 0.05) is 6.20 Å². The molecular formula is C16H18N4O4S. The molecule has 0 aromatic heterocycles. The Balaban J connectivity index is 2.89. The lowest BCUT2D eigenvalue weighted by molar-refractivity contribution is -0.141. The van der Waals surface area contributed by atoms with Crippen molar-refractivity contribution in [3.8, 4) is 6.07 Å². The van der Waals surface area contributed by atoms with Crippen molar-refractivity contribution in [1.82, 2.24) is 5.32 Å². The van der Waals surface area contributed by atoms with Crippen LogP contribution in [0.4, 0.5) is 5.69 Å². The Labute approximate surface area is 149 Å². The summed E-state index contributed by atoms with van der Waals surface area (Å²) in [5.41, 5.74) is 5.44. The molecule has 8 nitrogen and oxygen atoms in total. The Hall–Kier alpha value is -2.99. The van der Waals surface area contributed by atoms with Gasteiger partial charge in [-0.15, -0.1) is 0 Å². The minimum atomic E-state index is -1.17. The summed E-state index contributed by atoms with van der Waals surface area (Å²) >= 11 is 1.45. The summed E-state index contributed by atoms with van der Waals surface area (Å²) in [6.07, 6.45) is 3.16. The lowest BCUT2D eigenvalue weighted by Gasteiger charge is -2.13. The van der Waals surface area contributed by atoms with Crippen molar-refractivity contribution in [2.45, 2.75) is 12.5 Å². The molecule has 0 bridgehead atoms. The van der Waals surface area contributed by atoms with Gasteiger partial charge in [-0.25, -0.2) is 4.79 Å². The van der Waals surface area contributed by atoms with Crippen molar-refractivity contribution in [1.29, 1.82) is 5.26 Å². The molecule has 5 N–H and O–H groups in total. The van der Waals surface area contributed by atoms with Crippen LogP contribution < -0.4 is 16.4 Å². The highest BCUT2D eigenvalue weighted by atomic mass is 32.2. The van der Waals surface area contributed by atoms with Crippen LogP contribution in [-0.4, -0.2) is 40.9 Å². The third-order valence-corrected chi connectivity index (χ3v) is 3.79. The van der Waals surface area contributed by atoms with E-state index in [9.17, 15) is 14.4 Å². The van der Waals surface area contributed by atoms with Gasteiger partial charge in [-0.2, -0.15) is 17.0 Å². The summed E-state index contributed by atoms with van der Waals surface area (Å²) in [6, 6.07) is 6.93. The van der Waals surface area contributed by atoms with E-state index in [0.717, 1.165) is 6.20 Å². The number of hydrogen-bond donors (Lipinski definition) is 4. The molecule has 2 amide bonds. The second-order valence-corrected chi connectivity index (χ2v) is 5.86. The van der Waals surface area contributed by atoms with Crippen LogP contribution in [0.1, 0.15) is 16.8 Å². The number of anilines is 1. The van der Waals surface area contributed by atoms with Crippen molar-refractivity contribution >= 4 is 35.2 Å². The fourth-order valence-corrected chi connectivity index (χ4v) is 2.32. The van der Waals surface area contributed by atoms with Gasteiger partial charge in [-0.3, -0.25) is 9.59 Å². The third kappa shape index (κ3) is 6.19. The van der Waals surface area contributed by atoms with Crippen LogP contribution in [-0.2, 0) is 9.59 Å². The maximum atomic E-state index is 12.1. The van der Waals surface area contributed by atoms with Crippen molar-refractivity contribution < 1.29 is 19.5 Å². The molecule has 1 atom stereocenters. The number of nitriles is 1. The molecule has 0 radical (unpaired) electrons. The van der Waals surface area contributed by atoms with E-state index >= 15 is 0 Å². The van der Waals surface area contributed by atoms with E-state index in [4.69, 9.17) is 16.1 Å². The molecule has 0 saturated carbocycles. The summed E-state index contributed by atoms with van der Waals surface area (Å²) in [6.45, 7) is 0. The molecule has 25 heavy (non-hydrogen) atoms. The fourth-order valence-electron chi connectivity index (χ4n) is 1.85. The molecule has 9 heteroatoms. The minimum Gasteiger partial charge on any atom is -0.480 e. The zero-order valence-electron chi connectivity index (χ0n) is 13.5. The summed E-state index contributed by atoms with van der Waals surface area (Å²) in [5.74, 6) is -2.11. The van der Waals surface area contributed by atoms with Gasteiger partial charge in [0.25, 0.3) is 11.8 Å². The van der Waals surface area contributed by atoms with Gasteiger partial charge in [0.05, 0.1) is 11.3 Å². The number of nitrogens with two attached hydrogens (primary N) is 1. The van der Waals surface area contributed by atoms with Gasteiger partial charge in [-0.1, -0.05) is 12.1 Å². The van der Waals surface area contributed by atoms with Crippen LogP contribution in [0.25, 0.3) is 0 Å². The molecule has 1 aromatic carbocycles.